The lowest BCUT2D eigenvalue weighted by Gasteiger charge is -2.11. The maximum atomic E-state index is 13.3. The summed E-state index contributed by atoms with van der Waals surface area (Å²) in [6, 6.07) is 6.22. The molecule has 0 atom stereocenters. The van der Waals surface area contributed by atoms with Crippen molar-refractivity contribution in [3.63, 3.8) is 0 Å². The van der Waals surface area contributed by atoms with Gasteiger partial charge in [0.15, 0.2) is 0 Å². The van der Waals surface area contributed by atoms with E-state index in [9.17, 15) is 9.18 Å². The summed E-state index contributed by atoms with van der Waals surface area (Å²) < 4.78 is 13.9. The number of hydrogen-bond donors (Lipinski definition) is 2. The second-order valence-electron chi connectivity index (χ2n) is 4.14. The number of aromatic nitrogens is 1. The number of amides is 1. The highest BCUT2D eigenvalue weighted by atomic mass is 79.9. The van der Waals surface area contributed by atoms with Gasteiger partial charge in [-0.1, -0.05) is 17.7 Å². The molecule has 1 aromatic heterocycles. The van der Waals surface area contributed by atoms with Gasteiger partial charge in [0.2, 0.25) is 0 Å². The minimum absolute atomic E-state index is 0.128. The van der Waals surface area contributed by atoms with Crippen LogP contribution in [0.5, 0.6) is 0 Å². The Labute approximate surface area is 134 Å². The SMILES string of the molecule is CCNc1ncc(F)cc1C(=O)Nc1cccc(Cl)c1Br. The van der Waals surface area contributed by atoms with Gasteiger partial charge in [0.1, 0.15) is 11.6 Å². The van der Waals surface area contributed by atoms with Crippen molar-refractivity contribution in [1.29, 1.82) is 0 Å². The molecule has 0 bridgehead atoms. The summed E-state index contributed by atoms with van der Waals surface area (Å²) in [5.74, 6) is -0.720. The Morgan fingerprint density at radius 1 is 1.48 bits per heavy atom. The van der Waals surface area contributed by atoms with Crippen molar-refractivity contribution in [1.82, 2.24) is 4.98 Å². The van der Waals surface area contributed by atoms with Crippen LogP contribution in [0.4, 0.5) is 15.9 Å². The number of carbonyl (C=O) groups is 1. The molecule has 1 aromatic carbocycles. The van der Waals surface area contributed by atoms with Crippen LogP contribution in [-0.4, -0.2) is 17.4 Å². The summed E-state index contributed by atoms with van der Waals surface area (Å²) >= 11 is 9.26. The van der Waals surface area contributed by atoms with Crippen molar-refractivity contribution < 1.29 is 9.18 Å². The second kappa shape index (κ2) is 6.87. The average Bonchev–Trinajstić information content (AvgIpc) is 2.46. The van der Waals surface area contributed by atoms with E-state index in [1.807, 2.05) is 6.92 Å². The Bertz CT molecular complexity index is 681. The first-order chi connectivity index (χ1) is 10.0. The van der Waals surface area contributed by atoms with Crippen LogP contribution >= 0.6 is 27.5 Å². The molecule has 0 spiro atoms. The number of rotatable bonds is 4. The van der Waals surface area contributed by atoms with Crippen molar-refractivity contribution in [2.45, 2.75) is 6.92 Å². The summed E-state index contributed by atoms with van der Waals surface area (Å²) in [5, 5.41) is 6.07. The van der Waals surface area contributed by atoms with Gasteiger partial charge < -0.3 is 10.6 Å². The minimum Gasteiger partial charge on any atom is -0.370 e. The second-order valence-corrected chi connectivity index (χ2v) is 5.34. The average molecular weight is 373 g/mol. The first-order valence-electron chi connectivity index (χ1n) is 6.17. The standard InChI is InChI=1S/C14H12BrClFN3O/c1-2-18-13-9(6-8(17)7-19-13)14(21)20-11-5-3-4-10(16)12(11)15/h3-7H,2H2,1H3,(H,18,19)(H,20,21). The molecular formula is C14H12BrClFN3O. The van der Waals surface area contributed by atoms with Gasteiger partial charge in [0, 0.05) is 6.54 Å². The van der Waals surface area contributed by atoms with E-state index in [4.69, 9.17) is 11.6 Å². The number of nitrogens with one attached hydrogen (secondary N) is 2. The van der Waals surface area contributed by atoms with E-state index in [2.05, 4.69) is 31.5 Å². The van der Waals surface area contributed by atoms with E-state index in [1.165, 1.54) is 0 Å². The fraction of sp³-hybridized carbons (Fsp3) is 0.143. The monoisotopic (exact) mass is 371 g/mol. The van der Waals surface area contributed by atoms with Crippen LogP contribution in [0.15, 0.2) is 34.9 Å². The summed E-state index contributed by atoms with van der Waals surface area (Å²) in [4.78, 5) is 16.2. The number of halogens is 3. The lowest BCUT2D eigenvalue weighted by Crippen LogP contribution is -2.16. The molecule has 2 rings (SSSR count). The lowest BCUT2D eigenvalue weighted by molar-refractivity contribution is 0.102. The van der Waals surface area contributed by atoms with Gasteiger partial charge >= 0.3 is 0 Å². The third kappa shape index (κ3) is 3.71. The van der Waals surface area contributed by atoms with E-state index in [0.717, 1.165) is 12.3 Å². The number of benzene rings is 1. The van der Waals surface area contributed by atoms with Gasteiger partial charge in [-0.25, -0.2) is 9.37 Å². The molecule has 0 aliphatic heterocycles. The summed E-state index contributed by atoms with van der Waals surface area (Å²) in [6.07, 6.45) is 1.06. The summed E-state index contributed by atoms with van der Waals surface area (Å²) in [6.45, 7) is 2.43. The zero-order valence-corrected chi connectivity index (χ0v) is 13.4. The summed E-state index contributed by atoms with van der Waals surface area (Å²) in [5.41, 5.74) is 0.628. The third-order valence-corrected chi connectivity index (χ3v) is 4.04. The van der Waals surface area contributed by atoms with Crippen LogP contribution in [0.25, 0.3) is 0 Å². The number of pyridine rings is 1. The molecule has 2 aromatic rings. The minimum atomic E-state index is -0.577. The topological polar surface area (TPSA) is 54.0 Å². The van der Waals surface area contributed by atoms with E-state index in [-0.39, 0.29) is 5.56 Å². The molecule has 2 N–H and O–H groups in total. The van der Waals surface area contributed by atoms with E-state index in [1.54, 1.807) is 18.2 Å². The number of anilines is 2. The fourth-order valence-corrected chi connectivity index (χ4v) is 2.25. The van der Waals surface area contributed by atoms with E-state index < -0.39 is 11.7 Å². The molecule has 4 nitrogen and oxygen atoms in total. The maximum Gasteiger partial charge on any atom is 0.259 e. The number of hydrogen-bond acceptors (Lipinski definition) is 3. The molecular weight excluding hydrogens is 361 g/mol. The highest BCUT2D eigenvalue weighted by Crippen LogP contribution is 2.30. The van der Waals surface area contributed by atoms with E-state index >= 15 is 0 Å². The quantitative estimate of drug-likeness (QED) is 0.840. The Morgan fingerprint density at radius 2 is 2.24 bits per heavy atom. The predicted octanol–water partition coefficient (Wildman–Crippen LogP) is 4.32. The fourth-order valence-electron chi connectivity index (χ4n) is 1.71. The molecule has 110 valence electrons. The Kier molecular flexibility index (Phi) is 5.14. The molecule has 0 aliphatic carbocycles. The van der Waals surface area contributed by atoms with Gasteiger partial charge in [0.05, 0.1) is 26.9 Å². The Hall–Kier alpha value is -1.66. The van der Waals surface area contributed by atoms with E-state index in [0.29, 0.717) is 27.5 Å². The van der Waals surface area contributed by atoms with Crippen molar-refractivity contribution in [3.8, 4) is 0 Å². The first kappa shape index (κ1) is 15.7. The van der Waals surface area contributed by atoms with Gasteiger partial charge in [-0.3, -0.25) is 4.79 Å². The lowest BCUT2D eigenvalue weighted by atomic mass is 10.2. The molecule has 21 heavy (non-hydrogen) atoms. The van der Waals surface area contributed by atoms with Gasteiger partial charge in [-0.05, 0) is 41.1 Å². The van der Waals surface area contributed by atoms with Crippen molar-refractivity contribution in [3.05, 3.63) is 51.3 Å². The zero-order valence-electron chi connectivity index (χ0n) is 11.1. The number of carbonyl (C=O) groups excluding carboxylic acids is 1. The van der Waals surface area contributed by atoms with Gasteiger partial charge in [-0.15, -0.1) is 0 Å². The molecule has 0 aliphatic rings. The van der Waals surface area contributed by atoms with Crippen LogP contribution in [0.2, 0.25) is 5.02 Å². The molecule has 0 saturated heterocycles. The molecule has 0 fully saturated rings. The van der Waals surface area contributed by atoms with Crippen molar-refractivity contribution >= 4 is 44.9 Å². The molecule has 0 saturated carbocycles. The smallest absolute Gasteiger partial charge is 0.259 e. The Balaban J connectivity index is 2.32. The molecule has 0 radical (unpaired) electrons. The first-order valence-corrected chi connectivity index (χ1v) is 7.34. The van der Waals surface area contributed by atoms with Crippen molar-refractivity contribution in [2.75, 3.05) is 17.2 Å². The highest BCUT2D eigenvalue weighted by Gasteiger charge is 2.15. The maximum absolute atomic E-state index is 13.3. The van der Waals surface area contributed by atoms with Crippen LogP contribution in [0, 0.1) is 5.82 Å². The third-order valence-electron chi connectivity index (χ3n) is 2.64. The van der Waals surface area contributed by atoms with Crippen LogP contribution in [-0.2, 0) is 0 Å². The largest absolute Gasteiger partial charge is 0.370 e. The summed E-state index contributed by atoms with van der Waals surface area (Å²) in [7, 11) is 0. The highest BCUT2D eigenvalue weighted by molar-refractivity contribution is 9.10. The molecule has 1 heterocycles. The molecule has 0 unspecified atom stereocenters. The zero-order chi connectivity index (χ0) is 15.4. The number of nitrogens with zero attached hydrogens (tertiary/aromatic N) is 1. The van der Waals surface area contributed by atoms with Crippen molar-refractivity contribution in [2.24, 2.45) is 0 Å². The van der Waals surface area contributed by atoms with Crippen LogP contribution < -0.4 is 10.6 Å². The normalized spacial score (nSPS) is 10.3. The predicted molar refractivity (Wildman–Crippen MR) is 85.5 cm³/mol. The molecule has 7 heteroatoms. The van der Waals surface area contributed by atoms with Gasteiger partial charge in [0.25, 0.3) is 5.91 Å². The molecule has 1 amide bonds. The van der Waals surface area contributed by atoms with Crippen LogP contribution in [0.3, 0.4) is 0 Å². The Morgan fingerprint density at radius 3 is 2.95 bits per heavy atom. The van der Waals surface area contributed by atoms with Gasteiger partial charge in [-0.2, -0.15) is 0 Å². The van der Waals surface area contributed by atoms with Crippen LogP contribution in [0.1, 0.15) is 17.3 Å².